The van der Waals surface area contributed by atoms with E-state index in [4.69, 9.17) is 9.47 Å². The Hall–Kier alpha value is -0.120. The van der Waals surface area contributed by atoms with Crippen LogP contribution in [0.25, 0.3) is 0 Å². The standard InChI is InChI=1S/C38H78O3/c1-4-7-10-13-16-19-22-23-26-29-32-35-38(39,40-36-33-30-27-24-20-17-14-11-8-5-2)41-37-34-31-28-25-21-18-15-12-9-6-3/h39H,4-37H2,1-3H3. The maximum absolute atomic E-state index is 11.2. The second kappa shape index (κ2) is 34.4. The van der Waals surface area contributed by atoms with E-state index in [1.165, 1.54) is 180 Å². The van der Waals surface area contributed by atoms with Gasteiger partial charge in [-0.15, -0.1) is 0 Å². The zero-order valence-electron chi connectivity index (χ0n) is 28.8. The number of unbranched alkanes of at least 4 members (excludes halogenated alkanes) is 28. The summed E-state index contributed by atoms with van der Waals surface area (Å²) in [5.41, 5.74) is 0. The van der Waals surface area contributed by atoms with Gasteiger partial charge in [-0.25, -0.2) is 0 Å². The second-order valence-electron chi connectivity index (χ2n) is 13.1. The van der Waals surface area contributed by atoms with Crippen LogP contribution in [-0.4, -0.2) is 24.3 Å². The molecule has 3 heteroatoms. The van der Waals surface area contributed by atoms with Crippen molar-refractivity contribution in [2.45, 2.75) is 232 Å². The summed E-state index contributed by atoms with van der Waals surface area (Å²) in [6.07, 6.45) is 41.3. The summed E-state index contributed by atoms with van der Waals surface area (Å²) < 4.78 is 12.0. The van der Waals surface area contributed by atoms with E-state index in [1.807, 2.05) is 0 Å². The molecule has 0 aromatic heterocycles. The molecule has 0 aliphatic carbocycles. The van der Waals surface area contributed by atoms with Crippen LogP contribution in [0.4, 0.5) is 0 Å². The molecule has 1 N–H and O–H groups in total. The third-order valence-corrected chi connectivity index (χ3v) is 8.75. The van der Waals surface area contributed by atoms with E-state index in [-0.39, 0.29) is 0 Å². The van der Waals surface area contributed by atoms with Crippen molar-refractivity contribution >= 4 is 0 Å². The summed E-state index contributed by atoms with van der Waals surface area (Å²) in [6, 6.07) is 0. The maximum Gasteiger partial charge on any atom is 0.280 e. The van der Waals surface area contributed by atoms with Crippen LogP contribution in [0.2, 0.25) is 0 Å². The van der Waals surface area contributed by atoms with Crippen LogP contribution in [0.5, 0.6) is 0 Å². The minimum Gasteiger partial charge on any atom is -0.343 e. The molecule has 0 atom stereocenters. The highest BCUT2D eigenvalue weighted by atomic mass is 16.8. The molecule has 0 heterocycles. The van der Waals surface area contributed by atoms with E-state index >= 15 is 0 Å². The van der Waals surface area contributed by atoms with Gasteiger partial charge in [-0.3, -0.25) is 0 Å². The van der Waals surface area contributed by atoms with Crippen LogP contribution in [-0.2, 0) is 9.47 Å². The molecule has 0 saturated heterocycles. The molecule has 3 nitrogen and oxygen atoms in total. The minimum absolute atomic E-state index is 0.611. The molecule has 0 aromatic rings. The highest BCUT2D eigenvalue weighted by Gasteiger charge is 2.28. The van der Waals surface area contributed by atoms with Crippen molar-refractivity contribution in [1.29, 1.82) is 0 Å². The van der Waals surface area contributed by atoms with Gasteiger partial charge in [0.1, 0.15) is 0 Å². The molecule has 0 bridgehead atoms. The Balaban J connectivity index is 4.06. The van der Waals surface area contributed by atoms with Crippen molar-refractivity contribution < 1.29 is 14.6 Å². The van der Waals surface area contributed by atoms with E-state index in [9.17, 15) is 5.11 Å². The van der Waals surface area contributed by atoms with E-state index < -0.39 is 5.97 Å². The van der Waals surface area contributed by atoms with Crippen LogP contribution < -0.4 is 0 Å². The molecule has 0 saturated carbocycles. The van der Waals surface area contributed by atoms with Gasteiger partial charge in [0, 0.05) is 6.42 Å². The average Bonchev–Trinajstić information content (AvgIpc) is 2.97. The fourth-order valence-electron chi connectivity index (χ4n) is 5.84. The first kappa shape index (κ1) is 40.9. The number of rotatable bonds is 36. The lowest BCUT2D eigenvalue weighted by molar-refractivity contribution is -0.364. The number of hydrogen-bond acceptors (Lipinski definition) is 3. The topological polar surface area (TPSA) is 38.7 Å². The summed E-state index contributed by atoms with van der Waals surface area (Å²) in [5.74, 6) is -1.38. The molecule has 0 aliphatic heterocycles. The molecular weight excluding hydrogens is 504 g/mol. The van der Waals surface area contributed by atoms with E-state index in [0.717, 1.165) is 19.3 Å². The lowest BCUT2D eigenvalue weighted by Gasteiger charge is -2.28. The molecule has 248 valence electrons. The molecule has 0 unspecified atom stereocenters. The number of aliphatic hydroxyl groups is 1. The third-order valence-electron chi connectivity index (χ3n) is 8.75. The zero-order valence-corrected chi connectivity index (χ0v) is 28.8. The molecule has 0 rings (SSSR count). The number of ether oxygens (including phenoxy) is 2. The summed E-state index contributed by atoms with van der Waals surface area (Å²) in [5, 5.41) is 11.2. The molecule has 0 aromatic carbocycles. The van der Waals surface area contributed by atoms with Gasteiger partial charge in [-0.05, 0) is 19.3 Å². The molecule has 0 spiro atoms. The van der Waals surface area contributed by atoms with Crippen LogP contribution in [0, 0.1) is 0 Å². The van der Waals surface area contributed by atoms with Gasteiger partial charge in [0.25, 0.3) is 5.97 Å². The molecule has 0 fully saturated rings. The van der Waals surface area contributed by atoms with E-state index in [1.54, 1.807) is 0 Å². The summed E-state index contributed by atoms with van der Waals surface area (Å²) in [4.78, 5) is 0. The Labute approximate surface area is 259 Å². The van der Waals surface area contributed by atoms with Crippen molar-refractivity contribution in [1.82, 2.24) is 0 Å². The molecule has 0 amide bonds. The highest BCUT2D eigenvalue weighted by molar-refractivity contribution is 4.59. The molecular formula is C38H78O3. The predicted octanol–water partition coefficient (Wildman–Crippen LogP) is 13.2. The smallest absolute Gasteiger partial charge is 0.280 e. The van der Waals surface area contributed by atoms with Crippen LogP contribution >= 0.6 is 0 Å². The average molecular weight is 583 g/mol. The van der Waals surface area contributed by atoms with Gasteiger partial charge in [-0.2, -0.15) is 0 Å². The Bertz CT molecular complexity index is 402. The summed E-state index contributed by atoms with van der Waals surface area (Å²) in [7, 11) is 0. The van der Waals surface area contributed by atoms with Gasteiger partial charge < -0.3 is 14.6 Å². The molecule has 0 aliphatic rings. The van der Waals surface area contributed by atoms with Crippen molar-refractivity contribution in [2.75, 3.05) is 13.2 Å². The third kappa shape index (κ3) is 32.6. The fraction of sp³-hybridized carbons (Fsp3) is 1.00. The largest absolute Gasteiger partial charge is 0.343 e. The van der Waals surface area contributed by atoms with Crippen LogP contribution in [0.15, 0.2) is 0 Å². The lowest BCUT2D eigenvalue weighted by Crippen LogP contribution is -2.36. The Morgan fingerprint density at radius 3 is 0.805 bits per heavy atom. The summed E-state index contributed by atoms with van der Waals surface area (Å²) >= 11 is 0. The Kier molecular flexibility index (Phi) is 34.3. The summed E-state index contributed by atoms with van der Waals surface area (Å²) in [6.45, 7) is 8.08. The minimum atomic E-state index is -1.38. The van der Waals surface area contributed by atoms with Gasteiger partial charge in [0.05, 0.1) is 13.2 Å². The van der Waals surface area contributed by atoms with Crippen LogP contribution in [0.3, 0.4) is 0 Å². The van der Waals surface area contributed by atoms with E-state index in [0.29, 0.717) is 19.6 Å². The normalized spacial score (nSPS) is 12.0. The Morgan fingerprint density at radius 1 is 0.317 bits per heavy atom. The highest BCUT2D eigenvalue weighted by Crippen LogP contribution is 2.22. The SMILES string of the molecule is CCCCCCCCCCCCCC(O)(OCCCCCCCCCCCC)OCCCCCCCCCCCC. The first-order valence-corrected chi connectivity index (χ1v) is 19.2. The first-order valence-electron chi connectivity index (χ1n) is 19.2. The van der Waals surface area contributed by atoms with Crippen molar-refractivity contribution in [3.05, 3.63) is 0 Å². The predicted molar refractivity (Wildman–Crippen MR) is 182 cm³/mol. The van der Waals surface area contributed by atoms with Crippen molar-refractivity contribution in [3.63, 3.8) is 0 Å². The molecule has 0 radical (unpaired) electrons. The van der Waals surface area contributed by atoms with Gasteiger partial charge in [-0.1, -0.05) is 201 Å². The zero-order chi connectivity index (χ0) is 30.0. The van der Waals surface area contributed by atoms with Gasteiger partial charge in [0.2, 0.25) is 0 Å². The first-order chi connectivity index (χ1) is 20.2. The van der Waals surface area contributed by atoms with Crippen LogP contribution in [0.1, 0.15) is 226 Å². The molecule has 41 heavy (non-hydrogen) atoms. The monoisotopic (exact) mass is 583 g/mol. The maximum atomic E-state index is 11.2. The van der Waals surface area contributed by atoms with Gasteiger partial charge >= 0.3 is 0 Å². The van der Waals surface area contributed by atoms with Gasteiger partial charge in [0.15, 0.2) is 0 Å². The lowest BCUT2D eigenvalue weighted by atomic mass is 10.0. The van der Waals surface area contributed by atoms with Crippen molar-refractivity contribution in [3.8, 4) is 0 Å². The fourth-order valence-corrected chi connectivity index (χ4v) is 5.84. The quantitative estimate of drug-likeness (QED) is 0.0590. The second-order valence-corrected chi connectivity index (χ2v) is 13.1. The Morgan fingerprint density at radius 2 is 0.537 bits per heavy atom. The van der Waals surface area contributed by atoms with E-state index in [2.05, 4.69) is 20.8 Å². The van der Waals surface area contributed by atoms with Crippen molar-refractivity contribution in [2.24, 2.45) is 0 Å². The number of hydrogen-bond donors (Lipinski definition) is 1.